The number of rotatable bonds is 40. The van der Waals surface area contributed by atoms with Crippen LogP contribution in [0.4, 0.5) is 0 Å². The summed E-state index contributed by atoms with van der Waals surface area (Å²) in [5.74, 6) is -1.02. The lowest BCUT2D eigenvalue weighted by Gasteiger charge is -2.38. The van der Waals surface area contributed by atoms with Crippen molar-refractivity contribution < 1.29 is 58.0 Å². The van der Waals surface area contributed by atoms with Crippen LogP contribution in [0.15, 0.2) is 0 Å². The maximum atomic E-state index is 12.8. The summed E-state index contributed by atoms with van der Waals surface area (Å²) < 4.78 is 33.7. The predicted octanol–water partition coefficient (Wildman–Crippen LogP) is 10.3. The van der Waals surface area contributed by atoms with Gasteiger partial charge in [0.05, 0.1) is 18.8 Å². The van der Waals surface area contributed by atoms with Crippen LogP contribution in [0, 0.1) is 0 Å². The molecule has 0 bridgehead atoms. The van der Waals surface area contributed by atoms with E-state index in [1.807, 2.05) is 0 Å². The zero-order valence-electron chi connectivity index (χ0n) is 36.8. The third-order valence-electron chi connectivity index (χ3n) is 11.3. The number of unbranched alkanes of at least 4 members (excludes halogenated alkanes) is 28. The second-order valence-electron chi connectivity index (χ2n) is 16.9. The molecule has 0 saturated heterocycles. The van der Waals surface area contributed by atoms with Crippen molar-refractivity contribution in [1.82, 2.24) is 0 Å². The van der Waals surface area contributed by atoms with Crippen molar-refractivity contribution in [2.45, 2.75) is 262 Å². The zero-order valence-corrected chi connectivity index (χ0v) is 37.6. The average Bonchev–Trinajstić information content (AvgIpc) is 3.19. The molecule has 0 spiro atoms. The molecular formula is C45H87O12P. The third-order valence-corrected chi connectivity index (χ3v) is 12.3. The van der Waals surface area contributed by atoms with E-state index in [-0.39, 0.29) is 19.4 Å². The number of aliphatic hydroxyl groups is 4. The van der Waals surface area contributed by atoms with Gasteiger partial charge in [0.1, 0.15) is 24.9 Å². The summed E-state index contributed by atoms with van der Waals surface area (Å²) in [4.78, 5) is 35.7. The molecular weight excluding hydrogens is 763 g/mol. The number of phosphoric acid groups is 1. The highest BCUT2D eigenvalue weighted by molar-refractivity contribution is 7.47. The van der Waals surface area contributed by atoms with Crippen LogP contribution in [0.1, 0.15) is 226 Å². The summed E-state index contributed by atoms with van der Waals surface area (Å²) in [7, 11) is -4.97. The molecule has 13 heteroatoms. The van der Waals surface area contributed by atoms with Crippen molar-refractivity contribution in [3.63, 3.8) is 0 Å². The summed E-state index contributed by atoms with van der Waals surface area (Å²) in [5.41, 5.74) is 0. The first-order valence-corrected chi connectivity index (χ1v) is 25.2. The van der Waals surface area contributed by atoms with E-state index in [1.165, 1.54) is 141 Å². The maximum absolute atomic E-state index is 12.8. The topological polar surface area (TPSA) is 189 Å². The summed E-state index contributed by atoms with van der Waals surface area (Å²) in [6.07, 6.45) is 26.7. The molecule has 0 radical (unpaired) electrons. The Balaban J connectivity index is 2.39. The van der Waals surface area contributed by atoms with Gasteiger partial charge in [-0.25, -0.2) is 4.57 Å². The van der Waals surface area contributed by atoms with Gasteiger partial charge < -0.3 is 34.8 Å². The predicted molar refractivity (Wildman–Crippen MR) is 229 cm³/mol. The minimum absolute atomic E-state index is 0.135. The summed E-state index contributed by atoms with van der Waals surface area (Å²) >= 11 is 0. The largest absolute Gasteiger partial charge is 0.472 e. The van der Waals surface area contributed by atoms with E-state index in [1.54, 1.807) is 0 Å². The van der Waals surface area contributed by atoms with Crippen LogP contribution in [0.5, 0.6) is 0 Å². The quantitative estimate of drug-likeness (QED) is 0.0223. The zero-order chi connectivity index (χ0) is 42.7. The lowest BCUT2D eigenvalue weighted by molar-refractivity contribution is -0.174. The number of hydrogen-bond donors (Lipinski definition) is 5. The number of aliphatic hydroxyl groups excluding tert-OH is 4. The highest BCUT2D eigenvalue weighted by Gasteiger charge is 2.46. The fraction of sp³-hybridized carbons (Fsp3) is 0.956. The number of phosphoric ester groups is 1. The van der Waals surface area contributed by atoms with E-state index >= 15 is 0 Å². The monoisotopic (exact) mass is 851 g/mol. The smallest absolute Gasteiger partial charge is 0.462 e. The molecule has 1 fully saturated rings. The number of carbonyl (C=O) groups is 2. The number of esters is 2. The number of carbonyl (C=O) groups excluding carboxylic acids is 2. The van der Waals surface area contributed by atoms with Gasteiger partial charge in [0, 0.05) is 19.3 Å². The average molecular weight is 851 g/mol. The molecule has 0 heterocycles. The van der Waals surface area contributed by atoms with Crippen LogP contribution in [0.3, 0.4) is 0 Å². The van der Waals surface area contributed by atoms with E-state index in [9.17, 15) is 39.5 Å². The molecule has 7 atom stereocenters. The molecule has 5 N–H and O–H groups in total. The Morgan fingerprint density at radius 3 is 1.28 bits per heavy atom. The summed E-state index contributed by atoms with van der Waals surface area (Å²) in [6, 6.07) is 0. The summed E-state index contributed by atoms with van der Waals surface area (Å²) in [6.45, 7) is 3.45. The first kappa shape index (κ1) is 54.9. The molecule has 1 aliphatic rings. The molecule has 1 aliphatic carbocycles. The Labute approximate surface area is 352 Å². The Bertz CT molecular complexity index is 1030. The Morgan fingerprint density at radius 2 is 0.879 bits per heavy atom. The van der Waals surface area contributed by atoms with Crippen molar-refractivity contribution in [2.24, 2.45) is 0 Å². The van der Waals surface area contributed by atoms with Gasteiger partial charge in [-0.15, -0.1) is 0 Å². The Morgan fingerprint density at radius 1 is 0.517 bits per heavy atom. The number of ether oxygens (including phenoxy) is 2. The normalized spacial score (nSPS) is 21.1. The molecule has 344 valence electrons. The molecule has 0 aromatic carbocycles. The van der Waals surface area contributed by atoms with E-state index in [0.29, 0.717) is 12.8 Å². The van der Waals surface area contributed by atoms with Crippen LogP contribution in [-0.2, 0) is 32.7 Å². The van der Waals surface area contributed by atoms with Gasteiger partial charge in [-0.2, -0.15) is 0 Å². The molecule has 2 unspecified atom stereocenters. The van der Waals surface area contributed by atoms with Crippen molar-refractivity contribution >= 4 is 19.8 Å². The molecule has 1 rings (SSSR count). The molecule has 0 aliphatic heterocycles. The molecule has 0 aromatic rings. The van der Waals surface area contributed by atoms with Gasteiger partial charge in [-0.3, -0.25) is 18.6 Å². The van der Waals surface area contributed by atoms with Crippen molar-refractivity contribution in [1.29, 1.82) is 0 Å². The number of hydrogen-bond acceptors (Lipinski definition) is 11. The van der Waals surface area contributed by atoms with Gasteiger partial charge in [0.15, 0.2) is 6.10 Å². The lowest BCUT2D eigenvalue weighted by Crippen LogP contribution is -2.56. The molecule has 12 nitrogen and oxygen atoms in total. The van der Waals surface area contributed by atoms with Crippen LogP contribution in [0.25, 0.3) is 0 Å². The highest BCUT2D eigenvalue weighted by Crippen LogP contribution is 2.47. The van der Waals surface area contributed by atoms with E-state index in [4.69, 9.17) is 18.5 Å². The minimum atomic E-state index is -4.97. The Kier molecular flexibility index (Phi) is 34.6. The fourth-order valence-corrected chi connectivity index (χ4v) is 8.55. The van der Waals surface area contributed by atoms with Crippen molar-refractivity contribution in [3.05, 3.63) is 0 Å². The van der Waals surface area contributed by atoms with Crippen molar-refractivity contribution in [2.75, 3.05) is 13.2 Å². The van der Waals surface area contributed by atoms with Crippen LogP contribution in [0.2, 0.25) is 0 Å². The summed E-state index contributed by atoms with van der Waals surface area (Å²) in [5, 5.41) is 40.1. The second-order valence-corrected chi connectivity index (χ2v) is 18.3. The van der Waals surface area contributed by atoms with Gasteiger partial charge in [0.2, 0.25) is 0 Å². The molecule has 0 amide bonds. The second kappa shape index (κ2) is 36.5. The van der Waals surface area contributed by atoms with Crippen molar-refractivity contribution in [3.8, 4) is 0 Å². The maximum Gasteiger partial charge on any atom is 0.472 e. The Hall–Kier alpha value is -1.11. The van der Waals surface area contributed by atoms with Gasteiger partial charge in [0.25, 0.3) is 0 Å². The third kappa shape index (κ3) is 30.0. The molecule has 1 saturated carbocycles. The first-order valence-electron chi connectivity index (χ1n) is 23.7. The van der Waals surface area contributed by atoms with Crippen LogP contribution < -0.4 is 0 Å². The van der Waals surface area contributed by atoms with Gasteiger partial charge in [-0.1, -0.05) is 194 Å². The SMILES string of the molecule is CCCCCCCCCCCCCCCCCC(=O)OCC(COP(=O)(O)O[C@H]1[C@H](O)[C@@H](O)[C@H](O)C[C@H]1O)OC(=O)CCCCCCCCCCCCCCCCC. The van der Waals surface area contributed by atoms with E-state index in [0.717, 1.165) is 38.5 Å². The lowest BCUT2D eigenvalue weighted by atomic mass is 9.87. The molecule has 0 aromatic heterocycles. The van der Waals surface area contributed by atoms with Gasteiger partial charge in [-0.05, 0) is 12.8 Å². The van der Waals surface area contributed by atoms with E-state index in [2.05, 4.69) is 13.8 Å². The van der Waals surface area contributed by atoms with Gasteiger partial charge >= 0.3 is 19.8 Å². The standard InChI is InChI=1S/C45H87O12P/c1-3-5-7-9-11-13-15-17-19-21-23-25-27-29-31-33-41(48)54-36-38(37-55-58(52,53)57-45-40(47)35-39(46)43(50)44(45)51)56-42(49)34-32-30-28-26-24-22-20-18-16-14-12-10-8-6-4-2/h38-40,43-47,50-51H,3-37H2,1-2H3,(H,52,53)/t38?,39-,40-,43+,44-,45-/m1/s1. The van der Waals surface area contributed by atoms with Crippen LogP contribution >= 0.6 is 7.82 Å². The van der Waals surface area contributed by atoms with E-state index < -0.39 is 69.4 Å². The minimum Gasteiger partial charge on any atom is -0.462 e. The van der Waals surface area contributed by atoms with Crippen LogP contribution in [-0.4, -0.2) is 87.1 Å². The fourth-order valence-electron chi connectivity index (χ4n) is 7.57. The molecule has 58 heavy (non-hydrogen) atoms. The first-order chi connectivity index (χ1) is 28.0. The highest BCUT2D eigenvalue weighted by atomic mass is 31.2.